The minimum absolute atomic E-state index is 0.0625. The van der Waals surface area contributed by atoms with Crippen molar-refractivity contribution in [3.63, 3.8) is 0 Å². The van der Waals surface area contributed by atoms with E-state index >= 15 is 0 Å². The van der Waals surface area contributed by atoms with Crippen LogP contribution < -0.4 is 10.9 Å². The van der Waals surface area contributed by atoms with Gasteiger partial charge in [-0.2, -0.15) is 5.10 Å². The summed E-state index contributed by atoms with van der Waals surface area (Å²) in [5.41, 5.74) is 2.06. The molecule has 0 radical (unpaired) electrons. The molecule has 6 nitrogen and oxygen atoms in total. The Hall–Kier alpha value is -2.02. The van der Waals surface area contributed by atoms with Crippen molar-refractivity contribution in [1.29, 1.82) is 0 Å². The van der Waals surface area contributed by atoms with E-state index in [0.29, 0.717) is 5.69 Å². The predicted molar refractivity (Wildman–Crippen MR) is 79.4 cm³/mol. The number of thiazole rings is 1. The first-order valence-corrected chi connectivity index (χ1v) is 7.91. The second-order valence-corrected chi connectivity index (χ2v) is 5.88. The van der Waals surface area contributed by atoms with E-state index in [1.54, 1.807) is 27.8 Å². The fraction of sp³-hybridized carbons (Fsp3) is 0.429. The molecule has 3 rings (SSSR count). The molecule has 2 aromatic rings. The van der Waals surface area contributed by atoms with Crippen LogP contribution in [0.4, 0.5) is 0 Å². The number of hydrogen-bond acceptors (Lipinski definition) is 5. The molecule has 1 amide bonds. The highest BCUT2D eigenvalue weighted by atomic mass is 32.1. The molecular formula is C14H16N4O2S. The number of hydrogen-bond donors (Lipinski definition) is 1. The van der Waals surface area contributed by atoms with Gasteiger partial charge < -0.3 is 5.32 Å². The van der Waals surface area contributed by atoms with Gasteiger partial charge in [0, 0.05) is 23.7 Å². The van der Waals surface area contributed by atoms with Crippen LogP contribution in [0.15, 0.2) is 34.0 Å². The van der Waals surface area contributed by atoms with E-state index in [1.807, 2.05) is 0 Å². The molecule has 0 unspecified atom stereocenters. The number of nitrogens with one attached hydrogen (secondary N) is 1. The van der Waals surface area contributed by atoms with Crippen LogP contribution in [0.5, 0.6) is 0 Å². The highest BCUT2D eigenvalue weighted by Crippen LogP contribution is 2.26. The van der Waals surface area contributed by atoms with E-state index in [2.05, 4.69) is 15.4 Å². The first-order valence-electron chi connectivity index (χ1n) is 6.97. The van der Waals surface area contributed by atoms with Crippen LogP contribution in [0, 0.1) is 0 Å². The number of rotatable bonds is 3. The summed E-state index contributed by atoms with van der Waals surface area (Å²) < 4.78 is 1.55. The second-order valence-electron chi connectivity index (χ2n) is 5.16. The maximum absolute atomic E-state index is 11.9. The minimum Gasteiger partial charge on any atom is -0.348 e. The van der Waals surface area contributed by atoms with Crippen molar-refractivity contribution >= 4 is 17.2 Å². The van der Waals surface area contributed by atoms with E-state index in [4.69, 9.17) is 0 Å². The normalized spacial score (nSPS) is 21.9. The van der Waals surface area contributed by atoms with Gasteiger partial charge >= 0.3 is 0 Å². The van der Waals surface area contributed by atoms with E-state index in [-0.39, 0.29) is 23.6 Å². The summed E-state index contributed by atoms with van der Waals surface area (Å²) in [6, 6.07) is 3.46. The molecule has 2 aromatic heterocycles. The first kappa shape index (κ1) is 13.9. The molecular weight excluding hydrogens is 288 g/mol. The molecule has 1 aliphatic carbocycles. The molecule has 0 saturated heterocycles. The van der Waals surface area contributed by atoms with Gasteiger partial charge in [0.25, 0.3) is 11.5 Å². The third-order valence-electron chi connectivity index (χ3n) is 3.78. The van der Waals surface area contributed by atoms with Crippen LogP contribution >= 0.6 is 11.3 Å². The fourth-order valence-electron chi connectivity index (χ4n) is 2.69. The summed E-state index contributed by atoms with van der Waals surface area (Å²) in [5, 5.41) is 8.89. The van der Waals surface area contributed by atoms with Crippen molar-refractivity contribution in [2.24, 2.45) is 0 Å². The van der Waals surface area contributed by atoms with E-state index in [9.17, 15) is 9.59 Å². The van der Waals surface area contributed by atoms with Gasteiger partial charge in [-0.05, 0) is 31.7 Å². The predicted octanol–water partition coefficient (Wildman–Crippen LogP) is 1.61. The highest BCUT2D eigenvalue weighted by molar-refractivity contribution is 7.07. The molecule has 0 aliphatic heterocycles. The van der Waals surface area contributed by atoms with Crippen LogP contribution in [0.2, 0.25) is 0 Å². The summed E-state index contributed by atoms with van der Waals surface area (Å²) in [6.07, 6.45) is 5.03. The average Bonchev–Trinajstić information content (AvgIpc) is 3.03. The maximum Gasteiger partial charge on any atom is 0.270 e. The molecule has 0 aromatic carbocycles. The van der Waals surface area contributed by atoms with Crippen molar-refractivity contribution < 1.29 is 4.79 Å². The zero-order chi connectivity index (χ0) is 14.7. The van der Waals surface area contributed by atoms with E-state index in [0.717, 1.165) is 25.7 Å². The van der Waals surface area contributed by atoms with Gasteiger partial charge in [-0.3, -0.25) is 9.59 Å². The second kappa shape index (κ2) is 6.17. The number of carbonyl (C=O) groups excluding carboxylic acids is 1. The van der Waals surface area contributed by atoms with Crippen LogP contribution in [-0.2, 0) is 0 Å². The standard InChI is InChI=1S/C14H16N4O2S/c19-13-2-1-7-16-18(13)11-5-3-10(4-6-11)17-14(20)12-8-21-9-15-12/h1-2,7-11H,3-6H2,(H,17,20). The number of aromatic nitrogens is 3. The number of nitrogens with zero attached hydrogens (tertiary/aromatic N) is 3. The van der Waals surface area contributed by atoms with Crippen molar-refractivity contribution in [1.82, 2.24) is 20.1 Å². The van der Waals surface area contributed by atoms with Gasteiger partial charge in [-0.1, -0.05) is 0 Å². The van der Waals surface area contributed by atoms with Gasteiger partial charge in [0.1, 0.15) is 5.69 Å². The molecule has 0 bridgehead atoms. The average molecular weight is 304 g/mol. The maximum atomic E-state index is 11.9. The lowest BCUT2D eigenvalue weighted by Crippen LogP contribution is -2.39. The van der Waals surface area contributed by atoms with Crippen molar-refractivity contribution in [3.05, 3.63) is 45.3 Å². The van der Waals surface area contributed by atoms with Gasteiger partial charge in [-0.15, -0.1) is 11.3 Å². The van der Waals surface area contributed by atoms with Gasteiger partial charge in [-0.25, -0.2) is 9.67 Å². The first-order chi connectivity index (χ1) is 10.2. The van der Waals surface area contributed by atoms with Crippen LogP contribution in [0.3, 0.4) is 0 Å². The van der Waals surface area contributed by atoms with Crippen molar-refractivity contribution in [2.75, 3.05) is 0 Å². The quantitative estimate of drug-likeness (QED) is 0.934. The summed E-state index contributed by atoms with van der Waals surface area (Å²) in [4.78, 5) is 27.7. The van der Waals surface area contributed by atoms with Gasteiger partial charge in [0.05, 0.1) is 11.6 Å². The Morgan fingerprint density at radius 2 is 2.14 bits per heavy atom. The zero-order valence-electron chi connectivity index (χ0n) is 11.4. The van der Waals surface area contributed by atoms with Crippen LogP contribution in [-0.4, -0.2) is 26.7 Å². The van der Waals surface area contributed by atoms with Crippen LogP contribution in [0.25, 0.3) is 0 Å². The Labute approximate surface area is 125 Å². The lowest BCUT2D eigenvalue weighted by molar-refractivity contribution is 0.0917. The smallest absolute Gasteiger partial charge is 0.270 e. The third kappa shape index (κ3) is 3.18. The molecule has 0 spiro atoms. The van der Waals surface area contributed by atoms with E-state index < -0.39 is 0 Å². The van der Waals surface area contributed by atoms with Crippen molar-refractivity contribution in [3.8, 4) is 0 Å². The lowest BCUT2D eigenvalue weighted by atomic mass is 9.91. The summed E-state index contributed by atoms with van der Waals surface area (Å²) in [6.45, 7) is 0. The SMILES string of the molecule is O=C(NC1CCC(n2ncccc2=O)CC1)c1cscn1. The molecule has 1 fully saturated rings. The van der Waals surface area contributed by atoms with Gasteiger partial charge in [0.15, 0.2) is 0 Å². The molecule has 110 valence electrons. The topological polar surface area (TPSA) is 76.9 Å². The fourth-order valence-corrected chi connectivity index (χ4v) is 3.22. The Kier molecular flexibility index (Phi) is 4.10. The zero-order valence-corrected chi connectivity index (χ0v) is 12.3. The molecule has 1 aliphatic rings. The Balaban J connectivity index is 1.57. The summed E-state index contributed by atoms with van der Waals surface area (Å²) >= 11 is 1.41. The van der Waals surface area contributed by atoms with Crippen LogP contribution in [0.1, 0.15) is 42.2 Å². The Morgan fingerprint density at radius 1 is 1.33 bits per heavy atom. The van der Waals surface area contributed by atoms with Gasteiger partial charge in [0.2, 0.25) is 0 Å². The highest BCUT2D eigenvalue weighted by Gasteiger charge is 2.25. The third-order valence-corrected chi connectivity index (χ3v) is 4.37. The largest absolute Gasteiger partial charge is 0.348 e. The molecule has 0 atom stereocenters. The van der Waals surface area contributed by atoms with Crippen molar-refractivity contribution in [2.45, 2.75) is 37.8 Å². The molecule has 1 N–H and O–H groups in total. The Bertz CT molecular complexity index is 660. The molecule has 7 heteroatoms. The van der Waals surface area contributed by atoms with E-state index in [1.165, 1.54) is 17.4 Å². The molecule has 1 saturated carbocycles. The monoisotopic (exact) mass is 304 g/mol. The lowest BCUT2D eigenvalue weighted by Gasteiger charge is -2.29. The summed E-state index contributed by atoms with van der Waals surface area (Å²) in [5.74, 6) is -0.116. The number of amides is 1. The molecule has 21 heavy (non-hydrogen) atoms. The Morgan fingerprint density at radius 3 is 2.81 bits per heavy atom. The minimum atomic E-state index is -0.116. The molecule has 2 heterocycles. The summed E-state index contributed by atoms with van der Waals surface area (Å²) in [7, 11) is 0. The number of carbonyl (C=O) groups is 1.